The molecule has 0 spiro atoms. The summed E-state index contributed by atoms with van der Waals surface area (Å²) in [7, 11) is 0. The average molecular weight is 586 g/mol. The summed E-state index contributed by atoms with van der Waals surface area (Å²) in [5.41, 5.74) is 3.49. The van der Waals surface area contributed by atoms with Gasteiger partial charge in [0.25, 0.3) is 6.43 Å². The predicted molar refractivity (Wildman–Crippen MR) is 160 cm³/mol. The molecule has 3 aromatic rings. The van der Waals surface area contributed by atoms with E-state index in [0.717, 1.165) is 68.7 Å². The first kappa shape index (κ1) is 29.3. The Morgan fingerprint density at radius 3 is 2.39 bits per heavy atom. The first-order chi connectivity index (χ1) is 19.5. The van der Waals surface area contributed by atoms with Crippen LogP contribution in [0.25, 0.3) is 11.1 Å². The van der Waals surface area contributed by atoms with Gasteiger partial charge in [0.15, 0.2) is 0 Å². The van der Waals surface area contributed by atoms with Gasteiger partial charge >= 0.3 is 5.97 Å². The van der Waals surface area contributed by atoms with Crippen molar-refractivity contribution in [1.82, 2.24) is 14.7 Å². The van der Waals surface area contributed by atoms with E-state index >= 15 is 0 Å². The molecule has 2 fully saturated rings. The van der Waals surface area contributed by atoms with Gasteiger partial charge in [-0.1, -0.05) is 50.6 Å². The molecule has 220 valence electrons. The zero-order chi connectivity index (χ0) is 29.3. The van der Waals surface area contributed by atoms with Gasteiger partial charge in [0.2, 0.25) is 0 Å². The zero-order valence-corrected chi connectivity index (χ0v) is 24.6. The number of nitrogens with zero attached hydrogens (tertiary/aromatic N) is 5. The highest BCUT2D eigenvalue weighted by molar-refractivity contribution is 6.31. The van der Waals surface area contributed by atoms with E-state index in [1.165, 1.54) is 10.4 Å². The lowest BCUT2D eigenvalue weighted by atomic mass is 9.95. The summed E-state index contributed by atoms with van der Waals surface area (Å²) < 4.78 is 29.0. The standard InChI is InChI=1S/C31H38ClF2N5O2/c1-31(2,3)20-36-13-15-37(16-14-36)23-9-6-21(7-10-23)25-11-8-22(32)17-27(25)38-12-4-5-24(19-38)39-28(29(33)34)26(18-35-39)30(40)41/h6-11,17-18,24,29H,4-5,12-16,19-20H2,1-3H3,(H,40,41). The fourth-order valence-corrected chi connectivity index (χ4v) is 6.28. The maximum atomic E-state index is 13.9. The molecule has 0 saturated carbocycles. The Labute approximate surface area is 245 Å². The van der Waals surface area contributed by atoms with E-state index in [1.54, 1.807) is 0 Å². The molecule has 0 bridgehead atoms. The smallest absolute Gasteiger partial charge is 0.339 e. The Kier molecular flexibility index (Phi) is 8.57. The lowest BCUT2D eigenvalue weighted by molar-refractivity contribution is 0.0681. The number of carboxylic acids is 1. The van der Waals surface area contributed by atoms with Crippen molar-refractivity contribution in [3.63, 3.8) is 0 Å². The molecule has 0 aliphatic carbocycles. The Balaban J connectivity index is 1.35. The number of aromatic nitrogens is 2. The number of hydrogen-bond acceptors (Lipinski definition) is 5. The number of hydrogen-bond donors (Lipinski definition) is 1. The average Bonchev–Trinajstić information content (AvgIpc) is 3.39. The van der Waals surface area contributed by atoms with Gasteiger partial charge in [-0.3, -0.25) is 9.58 Å². The van der Waals surface area contributed by atoms with Gasteiger partial charge in [-0.2, -0.15) is 5.10 Å². The summed E-state index contributed by atoms with van der Waals surface area (Å²) in [6.07, 6.45) is -0.521. The third-order valence-electron chi connectivity index (χ3n) is 7.93. The Hall–Kier alpha value is -3.17. The molecule has 10 heteroatoms. The van der Waals surface area contributed by atoms with E-state index in [0.29, 0.717) is 23.4 Å². The fraction of sp³-hybridized carbons (Fsp3) is 0.484. The molecule has 2 saturated heterocycles. The molecule has 7 nitrogen and oxygen atoms in total. The molecule has 3 heterocycles. The van der Waals surface area contributed by atoms with Gasteiger partial charge in [0.05, 0.1) is 12.2 Å². The van der Waals surface area contributed by atoms with Crippen LogP contribution in [-0.4, -0.2) is 71.6 Å². The summed E-state index contributed by atoms with van der Waals surface area (Å²) in [5, 5.41) is 14.1. The molecule has 2 aromatic carbocycles. The minimum atomic E-state index is -2.93. The van der Waals surface area contributed by atoms with Crippen molar-refractivity contribution in [2.75, 3.05) is 55.6 Å². The van der Waals surface area contributed by atoms with Crippen molar-refractivity contribution in [2.45, 2.75) is 46.1 Å². The van der Waals surface area contributed by atoms with E-state index in [9.17, 15) is 18.7 Å². The number of rotatable bonds is 7. The van der Waals surface area contributed by atoms with Crippen molar-refractivity contribution in [3.8, 4) is 11.1 Å². The molecule has 1 N–H and O–H groups in total. The monoisotopic (exact) mass is 585 g/mol. The van der Waals surface area contributed by atoms with Crippen molar-refractivity contribution < 1.29 is 18.7 Å². The van der Waals surface area contributed by atoms with Gasteiger partial charge in [-0.15, -0.1) is 0 Å². The van der Waals surface area contributed by atoms with Crippen LogP contribution >= 0.6 is 11.6 Å². The van der Waals surface area contributed by atoms with Crippen molar-refractivity contribution >= 4 is 28.9 Å². The number of carboxylic acid groups (broad SMARTS) is 1. The van der Waals surface area contributed by atoms with E-state index in [4.69, 9.17) is 11.6 Å². The highest BCUT2D eigenvalue weighted by Gasteiger charge is 2.31. The number of benzene rings is 2. The van der Waals surface area contributed by atoms with E-state index in [2.05, 4.69) is 64.8 Å². The Bertz CT molecular complexity index is 1360. The highest BCUT2D eigenvalue weighted by atomic mass is 35.5. The third-order valence-corrected chi connectivity index (χ3v) is 8.16. The van der Waals surface area contributed by atoms with E-state index < -0.39 is 23.7 Å². The number of anilines is 2. The summed E-state index contributed by atoms with van der Waals surface area (Å²) in [4.78, 5) is 18.6. The number of piperazine rings is 1. The van der Waals surface area contributed by atoms with Crippen molar-refractivity contribution in [2.24, 2.45) is 5.41 Å². The van der Waals surface area contributed by atoms with Gasteiger partial charge in [-0.05, 0) is 48.1 Å². The second-order valence-corrected chi connectivity index (χ2v) is 12.7. The zero-order valence-electron chi connectivity index (χ0n) is 23.9. The maximum absolute atomic E-state index is 13.9. The molecule has 2 aliphatic rings. The van der Waals surface area contributed by atoms with Gasteiger partial charge in [-0.25, -0.2) is 13.6 Å². The van der Waals surface area contributed by atoms with Gasteiger partial charge in [0.1, 0.15) is 11.3 Å². The topological polar surface area (TPSA) is 64.8 Å². The molecule has 1 atom stereocenters. The van der Waals surface area contributed by atoms with Crippen LogP contribution in [0.2, 0.25) is 5.02 Å². The first-order valence-electron chi connectivity index (χ1n) is 14.2. The quantitative estimate of drug-likeness (QED) is 0.327. The van der Waals surface area contributed by atoms with Crippen LogP contribution < -0.4 is 9.80 Å². The maximum Gasteiger partial charge on any atom is 0.339 e. The number of alkyl halides is 2. The summed E-state index contributed by atoms with van der Waals surface area (Å²) >= 11 is 6.44. The van der Waals surface area contributed by atoms with Crippen molar-refractivity contribution in [3.05, 3.63) is 64.9 Å². The van der Waals surface area contributed by atoms with Crippen LogP contribution in [0.15, 0.2) is 48.7 Å². The molecule has 2 aliphatic heterocycles. The summed E-state index contributed by atoms with van der Waals surface area (Å²) in [6.45, 7) is 13.2. The molecular formula is C31H38ClF2N5O2. The molecule has 0 radical (unpaired) electrons. The SMILES string of the molecule is CC(C)(C)CN1CCN(c2ccc(-c3ccc(Cl)cc3N3CCCC(n4ncc(C(=O)O)c4C(F)F)C3)cc2)CC1. The minimum Gasteiger partial charge on any atom is -0.478 e. The normalized spacial score (nSPS) is 18.8. The fourth-order valence-electron chi connectivity index (χ4n) is 6.12. The third kappa shape index (κ3) is 6.67. The van der Waals surface area contributed by atoms with Gasteiger partial charge < -0.3 is 14.9 Å². The van der Waals surface area contributed by atoms with E-state index in [-0.39, 0.29) is 6.04 Å². The summed E-state index contributed by atoms with van der Waals surface area (Å²) in [5.74, 6) is -1.40. The van der Waals surface area contributed by atoms with Crippen LogP contribution in [0.4, 0.5) is 20.2 Å². The highest BCUT2D eigenvalue weighted by Crippen LogP contribution is 2.38. The first-order valence-corrected chi connectivity index (χ1v) is 14.6. The largest absolute Gasteiger partial charge is 0.478 e. The number of halogens is 3. The molecule has 1 unspecified atom stereocenters. The number of piperidine rings is 1. The second-order valence-electron chi connectivity index (χ2n) is 12.3. The second kappa shape index (κ2) is 12.0. The minimum absolute atomic E-state index is 0.291. The van der Waals surface area contributed by atoms with Crippen LogP contribution in [0.5, 0.6) is 0 Å². The van der Waals surface area contributed by atoms with Crippen LogP contribution in [0.1, 0.15) is 62.1 Å². The predicted octanol–water partition coefficient (Wildman–Crippen LogP) is 6.85. The lowest BCUT2D eigenvalue weighted by Gasteiger charge is -2.39. The Morgan fingerprint density at radius 2 is 1.76 bits per heavy atom. The van der Waals surface area contributed by atoms with Crippen LogP contribution in [0, 0.1) is 5.41 Å². The molecule has 0 amide bonds. The van der Waals surface area contributed by atoms with Gasteiger partial charge in [0, 0.05) is 67.8 Å². The molecule has 1 aromatic heterocycles. The number of aromatic carboxylic acids is 1. The van der Waals surface area contributed by atoms with Crippen LogP contribution in [-0.2, 0) is 0 Å². The lowest BCUT2D eigenvalue weighted by Crippen LogP contribution is -2.48. The number of carbonyl (C=O) groups is 1. The van der Waals surface area contributed by atoms with Crippen LogP contribution in [0.3, 0.4) is 0 Å². The van der Waals surface area contributed by atoms with Crippen molar-refractivity contribution in [1.29, 1.82) is 0 Å². The molecular weight excluding hydrogens is 548 g/mol. The summed E-state index contributed by atoms with van der Waals surface area (Å²) in [6, 6.07) is 14.0. The van der Waals surface area contributed by atoms with E-state index in [1.807, 2.05) is 18.2 Å². The molecule has 5 rings (SSSR count). The molecule has 41 heavy (non-hydrogen) atoms. The Morgan fingerprint density at radius 1 is 1.05 bits per heavy atom.